The van der Waals surface area contributed by atoms with Crippen LogP contribution in [0, 0.1) is 5.92 Å². The highest BCUT2D eigenvalue weighted by Crippen LogP contribution is 2.37. The first-order valence-electron chi connectivity index (χ1n) is 2.79. The number of carboxylic acid groups (broad SMARTS) is 1. The quantitative estimate of drug-likeness (QED) is 0.512. The summed E-state index contributed by atoms with van der Waals surface area (Å²) in [5, 5.41) is 8.34. The lowest BCUT2D eigenvalue weighted by Gasteiger charge is -1.99. The van der Waals surface area contributed by atoms with E-state index < -0.39 is 12.0 Å². The van der Waals surface area contributed by atoms with Crippen molar-refractivity contribution in [1.82, 2.24) is 0 Å². The highest BCUT2D eigenvalue weighted by Gasteiger charge is 2.37. The van der Waals surface area contributed by atoms with Gasteiger partial charge in [-0.05, 0) is 6.42 Å². The second-order valence-electron chi connectivity index (χ2n) is 2.33. The minimum absolute atomic E-state index is 0.0440. The molecule has 3 heteroatoms. The summed E-state index contributed by atoms with van der Waals surface area (Å²) in [7, 11) is 0. The Hall–Kier alpha value is -0.830. The van der Waals surface area contributed by atoms with Gasteiger partial charge < -0.3 is 10.8 Å². The Bertz CT molecular complexity index is 164. The molecule has 0 bridgehead atoms. The molecule has 0 heterocycles. The molecular formula is C6H9NO2. The van der Waals surface area contributed by atoms with Gasteiger partial charge in [0.25, 0.3) is 0 Å². The van der Waals surface area contributed by atoms with E-state index in [4.69, 9.17) is 10.8 Å². The van der Waals surface area contributed by atoms with Crippen molar-refractivity contribution in [3.05, 3.63) is 12.2 Å². The maximum absolute atomic E-state index is 10.2. The largest absolute Gasteiger partial charge is 0.480 e. The van der Waals surface area contributed by atoms with Crippen molar-refractivity contribution in [3.8, 4) is 0 Å². The molecule has 9 heavy (non-hydrogen) atoms. The molecule has 0 aliphatic heterocycles. The minimum Gasteiger partial charge on any atom is -0.480 e. The number of carbonyl (C=O) groups is 1. The van der Waals surface area contributed by atoms with Gasteiger partial charge in [0.15, 0.2) is 0 Å². The van der Waals surface area contributed by atoms with Crippen molar-refractivity contribution in [2.45, 2.75) is 12.5 Å². The lowest BCUT2D eigenvalue weighted by atomic mass is 10.2. The van der Waals surface area contributed by atoms with Crippen LogP contribution in [0.15, 0.2) is 12.2 Å². The molecule has 0 saturated heterocycles. The summed E-state index contributed by atoms with van der Waals surface area (Å²) in [6, 6.07) is -0.725. The van der Waals surface area contributed by atoms with E-state index in [2.05, 4.69) is 6.58 Å². The molecule has 0 aromatic rings. The SMILES string of the molecule is C=C1C[C@H]1[C@@H](N)C(=O)O. The number of rotatable bonds is 2. The Kier molecular flexibility index (Phi) is 1.29. The molecule has 0 aromatic heterocycles. The Morgan fingerprint density at radius 2 is 2.44 bits per heavy atom. The fourth-order valence-corrected chi connectivity index (χ4v) is 0.777. The zero-order chi connectivity index (χ0) is 7.02. The molecule has 1 rings (SSSR count). The van der Waals surface area contributed by atoms with Gasteiger partial charge in [0.2, 0.25) is 0 Å². The van der Waals surface area contributed by atoms with Gasteiger partial charge in [-0.15, -0.1) is 0 Å². The number of hydrogen-bond acceptors (Lipinski definition) is 2. The molecule has 3 N–H and O–H groups in total. The third-order valence-corrected chi connectivity index (χ3v) is 1.56. The predicted molar refractivity (Wildman–Crippen MR) is 32.9 cm³/mol. The van der Waals surface area contributed by atoms with Gasteiger partial charge >= 0.3 is 5.97 Å². The van der Waals surface area contributed by atoms with E-state index in [-0.39, 0.29) is 5.92 Å². The molecule has 0 unspecified atom stereocenters. The molecule has 1 fully saturated rings. The zero-order valence-electron chi connectivity index (χ0n) is 5.00. The van der Waals surface area contributed by atoms with Crippen LogP contribution in [0.1, 0.15) is 6.42 Å². The number of aliphatic carboxylic acids is 1. The molecule has 1 aliphatic rings. The highest BCUT2D eigenvalue weighted by atomic mass is 16.4. The first-order chi connectivity index (χ1) is 4.13. The van der Waals surface area contributed by atoms with Crippen molar-refractivity contribution in [3.63, 3.8) is 0 Å². The van der Waals surface area contributed by atoms with Gasteiger partial charge in [-0.2, -0.15) is 0 Å². The third-order valence-electron chi connectivity index (χ3n) is 1.56. The predicted octanol–water partition coefficient (Wildman–Crippen LogP) is -0.0256. The molecule has 2 atom stereocenters. The van der Waals surface area contributed by atoms with Gasteiger partial charge in [-0.3, -0.25) is 4.79 Å². The molecular weight excluding hydrogens is 118 g/mol. The molecule has 3 nitrogen and oxygen atoms in total. The van der Waals surface area contributed by atoms with E-state index in [9.17, 15) is 4.79 Å². The van der Waals surface area contributed by atoms with Crippen molar-refractivity contribution in [1.29, 1.82) is 0 Å². The van der Waals surface area contributed by atoms with Crippen LogP contribution in [0.5, 0.6) is 0 Å². The van der Waals surface area contributed by atoms with E-state index in [1.165, 1.54) is 0 Å². The zero-order valence-corrected chi connectivity index (χ0v) is 5.00. The van der Waals surface area contributed by atoms with Crippen LogP contribution < -0.4 is 5.73 Å². The van der Waals surface area contributed by atoms with E-state index in [0.29, 0.717) is 0 Å². The Morgan fingerprint density at radius 3 is 2.56 bits per heavy atom. The van der Waals surface area contributed by atoms with E-state index >= 15 is 0 Å². The fourth-order valence-electron chi connectivity index (χ4n) is 0.777. The van der Waals surface area contributed by atoms with Crippen LogP contribution in [0.4, 0.5) is 0 Å². The first-order valence-corrected chi connectivity index (χ1v) is 2.79. The topological polar surface area (TPSA) is 63.3 Å². The molecule has 0 amide bonds. The smallest absolute Gasteiger partial charge is 0.321 e. The summed E-state index contributed by atoms with van der Waals surface area (Å²) in [5.74, 6) is -0.888. The summed E-state index contributed by atoms with van der Waals surface area (Å²) < 4.78 is 0. The van der Waals surface area contributed by atoms with E-state index in [1.807, 2.05) is 0 Å². The van der Waals surface area contributed by atoms with Crippen LogP contribution in [-0.4, -0.2) is 17.1 Å². The van der Waals surface area contributed by atoms with Crippen LogP contribution in [-0.2, 0) is 4.79 Å². The van der Waals surface area contributed by atoms with Crippen molar-refractivity contribution in [2.75, 3.05) is 0 Å². The maximum Gasteiger partial charge on any atom is 0.321 e. The number of hydrogen-bond donors (Lipinski definition) is 2. The molecule has 0 radical (unpaired) electrons. The van der Waals surface area contributed by atoms with Crippen molar-refractivity contribution >= 4 is 5.97 Å². The number of nitrogens with two attached hydrogens (primary N) is 1. The second-order valence-corrected chi connectivity index (χ2v) is 2.33. The summed E-state index contributed by atoms with van der Waals surface area (Å²) in [6.45, 7) is 3.61. The summed E-state index contributed by atoms with van der Waals surface area (Å²) >= 11 is 0. The molecule has 0 aromatic carbocycles. The van der Waals surface area contributed by atoms with E-state index in [0.717, 1.165) is 12.0 Å². The standard InChI is InChI=1S/C6H9NO2/c1-3-2-4(3)5(7)6(8)9/h4-5H,1-2,7H2,(H,8,9)/t4-,5-/m1/s1. The number of carboxylic acids is 1. The summed E-state index contributed by atoms with van der Waals surface area (Å²) in [6.07, 6.45) is 0.785. The van der Waals surface area contributed by atoms with Crippen LogP contribution >= 0.6 is 0 Å². The van der Waals surface area contributed by atoms with Gasteiger partial charge in [0.1, 0.15) is 6.04 Å². The molecule has 1 aliphatic carbocycles. The third kappa shape index (κ3) is 1.10. The Morgan fingerprint density at radius 1 is 2.00 bits per heavy atom. The molecule has 0 spiro atoms. The summed E-state index contributed by atoms with van der Waals surface area (Å²) in [5.41, 5.74) is 6.21. The van der Waals surface area contributed by atoms with Crippen LogP contribution in [0.3, 0.4) is 0 Å². The average Bonchev–Trinajstić information content (AvgIpc) is 2.44. The Balaban J connectivity index is 2.45. The highest BCUT2D eigenvalue weighted by molar-refractivity contribution is 5.75. The monoisotopic (exact) mass is 127 g/mol. The second kappa shape index (κ2) is 1.84. The average molecular weight is 127 g/mol. The normalized spacial score (nSPS) is 27.7. The van der Waals surface area contributed by atoms with Gasteiger partial charge in [0.05, 0.1) is 0 Å². The lowest BCUT2D eigenvalue weighted by molar-refractivity contribution is -0.138. The van der Waals surface area contributed by atoms with E-state index in [1.54, 1.807) is 0 Å². The van der Waals surface area contributed by atoms with Crippen molar-refractivity contribution < 1.29 is 9.90 Å². The maximum atomic E-state index is 10.2. The van der Waals surface area contributed by atoms with Gasteiger partial charge in [0, 0.05) is 5.92 Å². The lowest BCUT2D eigenvalue weighted by Crippen LogP contribution is -2.32. The molecule has 1 saturated carbocycles. The van der Waals surface area contributed by atoms with Crippen LogP contribution in [0.25, 0.3) is 0 Å². The Labute approximate surface area is 53.2 Å². The first kappa shape index (κ1) is 6.29. The van der Waals surface area contributed by atoms with Gasteiger partial charge in [-0.1, -0.05) is 12.2 Å². The van der Waals surface area contributed by atoms with Crippen LogP contribution in [0.2, 0.25) is 0 Å². The van der Waals surface area contributed by atoms with Crippen molar-refractivity contribution in [2.24, 2.45) is 11.7 Å². The summed E-state index contributed by atoms with van der Waals surface area (Å²) in [4.78, 5) is 10.2. The minimum atomic E-state index is -0.932. The molecule has 50 valence electrons. The van der Waals surface area contributed by atoms with Gasteiger partial charge in [-0.25, -0.2) is 0 Å². The fraction of sp³-hybridized carbons (Fsp3) is 0.500.